The third-order valence-corrected chi connectivity index (χ3v) is 20.5. The van der Waals surface area contributed by atoms with Crippen molar-refractivity contribution in [3.05, 3.63) is 192 Å². The molecule has 4 fully saturated rings. The molecule has 8 aromatic heterocycles. The van der Waals surface area contributed by atoms with Crippen molar-refractivity contribution in [2.75, 3.05) is 49.6 Å². The summed E-state index contributed by atoms with van der Waals surface area (Å²) in [5.41, 5.74) is 53.5. The van der Waals surface area contributed by atoms with E-state index in [2.05, 4.69) is 128 Å². The lowest BCUT2D eigenvalue weighted by Crippen LogP contribution is -2.43. The predicted octanol–water partition coefficient (Wildman–Crippen LogP) is 7.33. The van der Waals surface area contributed by atoms with Crippen LogP contribution >= 0.6 is 0 Å². The largest absolute Gasteiger partial charge is 0.497 e. The number of primary amides is 4. The SMILES string of the molecule is COc1cc(Nc2nc(N[C@@H]3CCCC[C@@H]3N)ncc2C(N)=O)cc(-n2nccn2)c1.Cc1cc(Nc2nc(N[C@@H]3CCCC[C@@H]3N)ncc2C(N)=O)cc(-n2nccn2)c1.NC(=O)c1cnc(N[C@@H]2CCCC[C@@H]2N)nc1Nc1cc(F)cc(-n2nccn2)c1.[C-]#[N+]c1cc(Nc2nc(N[C@@H]3CCCC[C@@H]3N)ncc2C(N)=O)cc(-n2nccn2)c1. The van der Waals surface area contributed by atoms with Gasteiger partial charge in [0, 0.05) is 114 Å². The van der Waals surface area contributed by atoms with Crippen LogP contribution in [0, 0.1) is 19.3 Å². The standard InChI is InChI=1S/C20H22N10O.C20H25N9O2.C20H25N9O.C19H22FN9O/c1-23-12-8-13(10-14(9-12)30-25-6-7-26-30)27-19-15(18(22)31)11-24-20(29-19)28-17-5-3-2-4-16(17)21;1-31-14-9-12(8-13(10-14)29-24-6-7-25-29)26-19-15(18(22)30)11-23-20(28-19)27-17-5-3-2-4-16(17)21;1-12-8-13(10-14(9-12)29-24-6-7-25-29)26-19-15(18(22)30)11-23-20(28-19)27-17-5-3-2-4-16(17)21;20-11-7-12(9-13(8-11)29-24-5-6-25-29)26-18-14(17(22)30)10-23-19(28-18)27-16-4-2-1-3-15(16)21/h6-11,16-17H,2-5,21H2,(H2,22,31)(H2,24,27,28,29);6-11,16-17H,2-5,21H2,1H3,(H2,22,30)(H2,23,26,27,28);6-11,16-17H,2-5,21H2,1H3,(H2,22,30)(H2,23,26,27,28);5-10,15-16H,1-4,21H2,(H2,22,30)(H2,23,26,27,28)/t3*16-,17+;15-,16+/m0000/s1. The first-order valence-electron chi connectivity index (χ1n) is 39.5. The van der Waals surface area contributed by atoms with Gasteiger partial charge in [0.25, 0.3) is 23.6 Å². The third kappa shape index (κ3) is 22.5. The van der Waals surface area contributed by atoms with E-state index in [0.29, 0.717) is 75.2 Å². The summed E-state index contributed by atoms with van der Waals surface area (Å²) in [6.45, 7) is 9.34. The molecule has 0 spiro atoms. The number of carbonyl (C=O) groups is 4. The summed E-state index contributed by atoms with van der Waals surface area (Å²) >= 11 is 0. The molecule has 0 bridgehead atoms. The maximum atomic E-state index is 14.2. The van der Waals surface area contributed by atoms with Crippen LogP contribution in [0.25, 0.3) is 27.6 Å². The minimum atomic E-state index is -0.705. The number of anilines is 12. The lowest BCUT2D eigenvalue weighted by Gasteiger charge is -2.29. The maximum absolute atomic E-state index is 14.2. The van der Waals surface area contributed by atoms with Crippen molar-refractivity contribution in [2.24, 2.45) is 45.9 Å². The van der Waals surface area contributed by atoms with Gasteiger partial charge in [-0.2, -0.15) is 79.9 Å². The van der Waals surface area contributed by atoms with Crippen LogP contribution < -0.4 is 93.1 Å². The number of nitrogens with one attached hydrogen (secondary N) is 8. The molecule has 0 saturated heterocycles. The second kappa shape index (κ2) is 40.0. The van der Waals surface area contributed by atoms with Crippen molar-refractivity contribution >= 4 is 99.1 Å². The number of methoxy groups -OCH3 is 1. The Morgan fingerprint density at radius 1 is 0.385 bits per heavy atom. The molecule has 4 aliphatic carbocycles. The molecule has 4 aliphatic rings. The van der Waals surface area contributed by atoms with Crippen LogP contribution in [0.5, 0.6) is 5.75 Å². The Morgan fingerprint density at radius 3 is 0.967 bits per heavy atom. The number of ether oxygens (including phenoxy) is 1. The van der Waals surface area contributed by atoms with E-state index in [9.17, 15) is 23.6 Å². The Labute approximate surface area is 698 Å². The molecule has 122 heavy (non-hydrogen) atoms. The smallest absolute Gasteiger partial charge is 0.254 e. The monoisotopic (exact) mass is 1660 g/mol. The zero-order valence-electron chi connectivity index (χ0n) is 66.7. The first-order chi connectivity index (χ1) is 59.0. The first-order valence-corrected chi connectivity index (χ1v) is 39.5. The molecule has 0 aliphatic heterocycles. The lowest BCUT2D eigenvalue weighted by atomic mass is 9.91. The van der Waals surface area contributed by atoms with Gasteiger partial charge < -0.3 is 93.1 Å². The fraction of sp³-hybridized carbons (Fsp3) is 0.329. The second-order valence-electron chi connectivity index (χ2n) is 29.4. The highest BCUT2D eigenvalue weighted by atomic mass is 19.1. The van der Waals surface area contributed by atoms with Crippen molar-refractivity contribution in [3.8, 4) is 28.5 Å². The summed E-state index contributed by atoms with van der Waals surface area (Å²) < 4.78 is 19.5. The number of nitrogens with zero attached hydrogens (tertiary/aromatic N) is 21. The molecule has 4 amide bonds. The van der Waals surface area contributed by atoms with Crippen LogP contribution in [0.15, 0.2) is 147 Å². The molecule has 8 heterocycles. The number of aryl methyl sites for hydroxylation is 1. The van der Waals surface area contributed by atoms with Gasteiger partial charge in [0.05, 0.1) is 86.0 Å². The molecule has 16 rings (SSSR count). The summed E-state index contributed by atoms with van der Waals surface area (Å²) in [6, 6.07) is 20.7. The van der Waals surface area contributed by atoms with Gasteiger partial charge in [-0.15, -0.1) is 0 Å². The van der Waals surface area contributed by atoms with E-state index in [-0.39, 0.29) is 88.0 Å². The van der Waals surface area contributed by atoms with Gasteiger partial charge in [0.2, 0.25) is 23.8 Å². The molecule has 42 nitrogen and oxygen atoms in total. The van der Waals surface area contributed by atoms with Crippen molar-refractivity contribution in [3.63, 3.8) is 0 Å². The molecule has 0 radical (unpaired) electrons. The molecule has 0 unspecified atom stereocenters. The van der Waals surface area contributed by atoms with Crippen LogP contribution in [-0.4, -0.2) is 179 Å². The molecule has 24 N–H and O–H groups in total. The summed E-state index contributed by atoms with van der Waals surface area (Å²) in [7, 11) is 1.56. The van der Waals surface area contributed by atoms with Crippen LogP contribution in [0.4, 0.5) is 79.9 Å². The Bertz CT molecular complexity index is 5450. The van der Waals surface area contributed by atoms with Gasteiger partial charge in [0.15, 0.2) is 5.69 Å². The Hall–Kier alpha value is -14.9. The lowest BCUT2D eigenvalue weighted by molar-refractivity contribution is 0.0992. The minimum absolute atomic E-state index is 0.00178. The van der Waals surface area contributed by atoms with Gasteiger partial charge in [0.1, 0.15) is 57.1 Å². The van der Waals surface area contributed by atoms with Crippen LogP contribution in [0.2, 0.25) is 0 Å². The summed E-state index contributed by atoms with van der Waals surface area (Å²) in [5, 5.41) is 58.3. The first kappa shape index (κ1) is 85.0. The molecule has 632 valence electrons. The molecule has 12 aromatic rings. The fourth-order valence-electron chi connectivity index (χ4n) is 14.3. The molecule has 8 atom stereocenters. The van der Waals surface area contributed by atoms with E-state index >= 15 is 0 Å². The fourth-order valence-corrected chi connectivity index (χ4v) is 14.3. The number of nitrogens with two attached hydrogens (primary N) is 8. The van der Waals surface area contributed by atoms with Crippen LogP contribution in [0.1, 0.15) is 150 Å². The van der Waals surface area contributed by atoms with E-state index in [4.69, 9.17) is 57.2 Å². The molecular formula is C79H94FN37O5. The Kier molecular flexibility index (Phi) is 27.9. The highest BCUT2D eigenvalue weighted by molar-refractivity contribution is 6.00. The third-order valence-electron chi connectivity index (χ3n) is 20.5. The zero-order chi connectivity index (χ0) is 85.8. The predicted molar refractivity (Wildman–Crippen MR) is 454 cm³/mol. The van der Waals surface area contributed by atoms with E-state index < -0.39 is 29.4 Å². The molecule has 4 aromatic carbocycles. The number of amides is 4. The van der Waals surface area contributed by atoms with Crippen molar-refractivity contribution < 1.29 is 28.3 Å². The second-order valence-corrected chi connectivity index (χ2v) is 29.4. The van der Waals surface area contributed by atoms with Crippen molar-refractivity contribution in [1.29, 1.82) is 0 Å². The summed E-state index contributed by atoms with van der Waals surface area (Å²) in [5.74, 6) is -0.0880. The van der Waals surface area contributed by atoms with Crippen molar-refractivity contribution in [2.45, 2.75) is 158 Å². The normalized spacial score (nSPS) is 18.5. The van der Waals surface area contributed by atoms with Gasteiger partial charge in [-0.25, -0.2) is 29.2 Å². The number of aromatic nitrogens is 20. The van der Waals surface area contributed by atoms with E-state index in [1.807, 2.05) is 25.1 Å². The van der Waals surface area contributed by atoms with E-state index in [1.165, 1.54) is 68.5 Å². The van der Waals surface area contributed by atoms with Crippen molar-refractivity contribution in [1.82, 2.24) is 99.8 Å². The highest BCUT2D eigenvalue weighted by Crippen LogP contribution is 2.33. The maximum Gasteiger partial charge on any atom is 0.254 e. The number of hydrogen-bond donors (Lipinski definition) is 16. The average Bonchev–Trinajstić information content (AvgIpc) is 1.03. The number of benzene rings is 4. The van der Waals surface area contributed by atoms with Gasteiger partial charge in [-0.3, -0.25) is 19.2 Å². The van der Waals surface area contributed by atoms with Gasteiger partial charge >= 0.3 is 0 Å². The van der Waals surface area contributed by atoms with Crippen LogP contribution in [0.3, 0.4) is 0 Å². The van der Waals surface area contributed by atoms with Gasteiger partial charge in [-0.05, 0) is 118 Å². The van der Waals surface area contributed by atoms with E-state index in [0.717, 1.165) is 120 Å². The number of rotatable bonds is 25. The average molecular weight is 1660 g/mol. The summed E-state index contributed by atoms with van der Waals surface area (Å²) in [4.78, 5) is 91.6. The quantitative estimate of drug-likeness (QED) is 0.0249. The van der Waals surface area contributed by atoms with Gasteiger partial charge in [-0.1, -0.05) is 51.4 Å². The number of carbonyl (C=O) groups excluding carboxylic acids is 4. The minimum Gasteiger partial charge on any atom is -0.497 e. The topological polar surface area (TPSA) is 612 Å². The number of hydrogen-bond acceptors (Lipinski definition) is 33. The zero-order valence-corrected chi connectivity index (χ0v) is 66.7. The summed E-state index contributed by atoms with van der Waals surface area (Å²) in [6.07, 6.45) is 34.4. The van der Waals surface area contributed by atoms with Crippen LogP contribution in [-0.2, 0) is 0 Å². The number of halogens is 1. The van der Waals surface area contributed by atoms with E-state index in [1.54, 1.807) is 86.8 Å². The Morgan fingerprint density at radius 2 is 0.664 bits per heavy atom. The molecular weight excluding hydrogens is 1570 g/mol. The highest BCUT2D eigenvalue weighted by Gasteiger charge is 2.29. The Balaban J connectivity index is 0.000000140. The molecule has 43 heteroatoms. The molecule has 4 saturated carbocycles.